The molecule has 4 aromatic rings. The molecular formula is C25H22ClN7O6. The zero-order chi connectivity index (χ0) is 27.9. The third kappa shape index (κ3) is 6.84. The number of methoxy groups -OCH3 is 1. The van der Waals surface area contributed by atoms with Gasteiger partial charge >= 0.3 is 17.3 Å². The number of nitrogens with zero attached hydrogens (tertiary/aromatic N) is 5. The molecule has 0 aliphatic heterocycles. The largest absolute Gasteiger partial charge is 0.469 e. The molecule has 0 bridgehead atoms. The summed E-state index contributed by atoms with van der Waals surface area (Å²) in [7, 11) is 1.22. The summed E-state index contributed by atoms with van der Waals surface area (Å²) >= 11 is 5.98. The molecule has 200 valence electrons. The number of rotatable bonds is 9. The lowest BCUT2D eigenvalue weighted by Crippen LogP contribution is -2.50. The summed E-state index contributed by atoms with van der Waals surface area (Å²) in [5, 5.41) is 8.00. The normalized spacial score (nSPS) is 11.3. The molecule has 2 aromatic heterocycles. The van der Waals surface area contributed by atoms with E-state index in [1.807, 2.05) is 0 Å². The molecule has 13 nitrogen and oxygen atoms in total. The average Bonchev–Trinajstić information content (AvgIpc) is 2.93. The number of ether oxygens (including phenoxy) is 2. The Morgan fingerprint density at radius 3 is 2.33 bits per heavy atom. The van der Waals surface area contributed by atoms with Gasteiger partial charge in [0, 0.05) is 17.6 Å². The van der Waals surface area contributed by atoms with Crippen molar-refractivity contribution in [1.82, 2.24) is 24.3 Å². The molecule has 0 fully saturated rings. The van der Waals surface area contributed by atoms with Crippen molar-refractivity contribution in [3.63, 3.8) is 0 Å². The fourth-order valence-electron chi connectivity index (χ4n) is 3.40. The van der Waals surface area contributed by atoms with Crippen LogP contribution in [0.25, 0.3) is 0 Å². The molecule has 0 unspecified atom stereocenters. The van der Waals surface area contributed by atoms with Gasteiger partial charge in [0.2, 0.25) is 11.5 Å². The van der Waals surface area contributed by atoms with Crippen LogP contribution in [0.4, 0.5) is 5.69 Å². The minimum atomic E-state index is -0.729. The molecule has 0 saturated carbocycles. The number of aromatic amines is 1. The number of hydrogen-bond donors (Lipinski definition) is 2. The summed E-state index contributed by atoms with van der Waals surface area (Å²) in [4.78, 5) is 55.8. The summed E-state index contributed by atoms with van der Waals surface area (Å²) < 4.78 is 12.4. The molecular weight excluding hydrogens is 530 g/mol. The van der Waals surface area contributed by atoms with Crippen molar-refractivity contribution in [1.29, 1.82) is 0 Å². The highest BCUT2D eigenvalue weighted by molar-refractivity contribution is 6.30. The van der Waals surface area contributed by atoms with Gasteiger partial charge in [-0.05, 0) is 48.0 Å². The predicted octanol–water partition coefficient (Wildman–Crippen LogP) is 1.52. The molecule has 0 saturated heterocycles. The Morgan fingerprint density at radius 1 is 1.00 bits per heavy atom. The second-order valence-corrected chi connectivity index (χ2v) is 8.49. The SMILES string of the molecule is COC(=O)CCn1c(=O)[nH]/c(=N\c2ccc(Oc3ccc(C(N)=O)nn3)cc2)n(Cc2ccc(Cl)cc2)c1=O. The van der Waals surface area contributed by atoms with Gasteiger partial charge in [-0.3, -0.25) is 19.1 Å². The highest BCUT2D eigenvalue weighted by Crippen LogP contribution is 2.22. The van der Waals surface area contributed by atoms with Gasteiger partial charge in [-0.25, -0.2) is 19.1 Å². The maximum atomic E-state index is 13.3. The van der Waals surface area contributed by atoms with Gasteiger partial charge in [0.25, 0.3) is 5.91 Å². The summed E-state index contributed by atoms with van der Waals surface area (Å²) in [6.45, 7) is -0.0952. The highest BCUT2D eigenvalue weighted by Gasteiger charge is 2.12. The second-order valence-electron chi connectivity index (χ2n) is 8.06. The monoisotopic (exact) mass is 551 g/mol. The number of hydrogen-bond acceptors (Lipinski definition) is 9. The van der Waals surface area contributed by atoms with Gasteiger partial charge in [0.1, 0.15) is 5.75 Å². The van der Waals surface area contributed by atoms with E-state index >= 15 is 0 Å². The number of amides is 1. The van der Waals surface area contributed by atoms with Crippen LogP contribution in [-0.2, 0) is 22.6 Å². The Kier molecular flexibility index (Phi) is 8.31. The molecule has 0 aliphatic rings. The molecule has 0 spiro atoms. The lowest BCUT2D eigenvalue weighted by Gasteiger charge is -2.11. The summed E-state index contributed by atoms with van der Waals surface area (Å²) in [6.07, 6.45) is -0.159. The number of benzene rings is 2. The van der Waals surface area contributed by atoms with Gasteiger partial charge in [0.05, 0.1) is 25.8 Å². The molecule has 3 N–H and O–H groups in total. The van der Waals surface area contributed by atoms with E-state index in [1.165, 1.54) is 23.8 Å². The van der Waals surface area contributed by atoms with E-state index in [-0.39, 0.29) is 36.7 Å². The van der Waals surface area contributed by atoms with E-state index in [2.05, 4.69) is 24.9 Å². The average molecular weight is 552 g/mol. The maximum Gasteiger partial charge on any atom is 0.335 e. The number of esters is 1. The van der Waals surface area contributed by atoms with Crippen LogP contribution < -0.4 is 27.5 Å². The first-order valence-corrected chi connectivity index (χ1v) is 11.8. The Labute approximate surface area is 225 Å². The highest BCUT2D eigenvalue weighted by atomic mass is 35.5. The van der Waals surface area contributed by atoms with Crippen molar-refractivity contribution in [2.75, 3.05) is 7.11 Å². The van der Waals surface area contributed by atoms with Crippen LogP contribution in [0.5, 0.6) is 11.6 Å². The van der Waals surface area contributed by atoms with Gasteiger partial charge in [-0.1, -0.05) is 23.7 Å². The zero-order valence-electron chi connectivity index (χ0n) is 20.5. The summed E-state index contributed by atoms with van der Waals surface area (Å²) in [5.41, 5.74) is 4.91. The van der Waals surface area contributed by atoms with Crippen LogP contribution in [0.1, 0.15) is 22.5 Å². The van der Waals surface area contributed by atoms with Crippen molar-refractivity contribution >= 4 is 29.2 Å². The third-order valence-corrected chi connectivity index (χ3v) is 5.64. The first-order valence-electron chi connectivity index (χ1n) is 11.4. The number of nitrogens with one attached hydrogen (secondary N) is 1. The molecule has 1 amide bonds. The van der Waals surface area contributed by atoms with Crippen LogP contribution >= 0.6 is 11.6 Å². The third-order valence-electron chi connectivity index (χ3n) is 5.39. The van der Waals surface area contributed by atoms with Crippen LogP contribution in [-0.4, -0.2) is 43.3 Å². The minimum Gasteiger partial charge on any atom is -0.469 e. The maximum absolute atomic E-state index is 13.3. The van der Waals surface area contributed by atoms with Crippen LogP contribution in [0.3, 0.4) is 0 Å². The fraction of sp³-hybridized carbons (Fsp3) is 0.160. The molecule has 0 aliphatic carbocycles. The van der Waals surface area contributed by atoms with Crippen molar-refractivity contribution in [2.45, 2.75) is 19.5 Å². The number of carbonyl (C=O) groups excluding carboxylic acids is 2. The summed E-state index contributed by atoms with van der Waals surface area (Å²) in [5.74, 6) is -0.722. The van der Waals surface area contributed by atoms with E-state index < -0.39 is 23.3 Å². The summed E-state index contributed by atoms with van der Waals surface area (Å²) in [6, 6.07) is 16.1. The first-order chi connectivity index (χ1) is 18.7. The molecule has 0 radical (unpaired) electrons. The number of nitrogens with two attached hydrogens (primary N) is 1. The van der Waals surface area contributed by atoms with Crippen molar-refractivity contribution in [2.24, 2.45) is 10.7 Å². The van der Waals surface area contributed by atoms with E-state index in [0.29, 0.717) is 16.5 Å². The van der Waals surface area contributed by atoms with E-state index in [1.54, 1.807) is 48.5 Å². The van der Waals surface area contributed by atoms with Crippen LogP contribution in [0, 0.1) is 0 Å². The van der Waals surface area contributed by atoms with Crippen LogP contribution in [0.2, 0.25) is 5.02 Å². The molecule has 4 rings (SSSR count). The van der Waals surface area contributed by atoms with Gasteiger partial charge < -0.3 is 15.2 Å². The number of halogens is 1. The Morgan fingerprint density at radius 2 is 1.72 bits per heavy atom. The van der Waals surface area contributed by atoms with Crippen LogP contribution in [0.15, 0.2) is 75.2 Å². The predicted molar refractivity (Wildman–Crippen MR) is 139 cm³/mol. The van der Waals surface area contributed by atoms with E-state index in [0.717, 1.165) is 10.1 Å². The van der Waals surface area contributed by atoms with Crippen molar-refractivity contribution in [3.05, 3.63) is 104 Å². The molecule has 2 heterocycles. The molecule has 0 atom stereocenters. The molecule has 14 heteroatoms. The van der Waals surface area contributed by atoms with Gasteiger partial charge in [-0.2, -0.15) is 0 Å². The Balaban J connectivity index is 1.67. The zero-order valence-corrected chi connectivity index (χ0v) is 21.3. The number of aromatic nitrogens is 5. The molecule has 39 heavy (non-hydrogen) atoms. The Bertz CT molecular complexity index is 1680. The lowest BCUT2D eigenvalue weighted by molar-refractivity contribution is -0.140. The second kappa shape index (κ2) is 12.0. The van der Waals surface area contributed by atoms with Gasteiger partial charge in [-0.15, -0.1) is 10.2 Å². The number of carbonyl (C=O) groups is 2. The quantitative estimate of drug-likeness (QED) is 0.294. The first kappa shape index (κ1) is 27.0. The number of primary amides is 1. The molecule has 2 aromatic carbocycles. The topological polar surface area (TPSA) is 177 Å². The van der Waals surface area contributed by atoms with E-state index in [9.17, 15) is 19.2 Å². The van der Waals surface area contributed by atoms with Crippen molar-refractivity contribution < 1.29 is 19.1 Å². The van der Waals surface area contributed by atoms with E-state index in [4.69, 9.17) is 22.1 Å². The standard InChI is InChI=1S/C25H22ClN7O6/c1-38-21(34)12-13-32-24(36)29-23(33(25(32)37)14-15-2-4-16(26)5-3-15)28-17-6-8-18(9-7-17)39-20-11-10-19(22(27)35)30-31-20/h2-11H,12-14H2,1H3,(H2,27,35)(H,28,29,36). The fourth-order valence-corrected chi connectivity index (χ4v) is 3.52. The number of H-pyrrole nitrogens is 1. The lowest BCUT2D eigenvalue weighted by atomic mass is 10.2. The smallest absolute Gasteiger partial charge is 0.335 e. The van der Waals surface area contributed by atoms with Gasteiger partial charge in [0.15, 0.2) is 5.69 Å². The van der Waals surface area contributed by atoms with Crippen molar-refractivity contribution in [3.8, 4) is 11.6 Å². The Hall–Kier alpha value is -5.04. The minimum absolute atomic E-state index is 0.00385.